The number of sulfonamides is 1. The van der Waals surface area contributed by atoms with Crippen LogP contribution in [0.2, 0.25) is 0 Å². The minimum Gasteiger partial charge on any atom is -0.485 e. The predicted molar refractivity (Wildman–Crippen MR) is 112 cm³/mol. The van der Waals surface area contributed by atoms with Crippen molar-refractivity contribution in [1.29, 1.82) is 0 Å². The summed E-state index contributed by atoms with van der Waals surface area (Å²) in [6, 6.07) is 8.28. The van der Waals surface area contributed by atoms with Gasteiger partial charge in [0.1, 0.15) is 17.3 Å². The van der Waals surface area contributed by atoms with Crippen molar-refractivity contribution in [2.24, 2.45) is 0 Å². The molecule has 0 atom stereocenters. The van der Waals surface area contributed by atoms with Crippen molar-refractivity contribution >= 4 is 21.7 Å². The molecular weight excluding hydrogens is 420 g/mol. The van der Waals surface area contributed by atoms with Gasteiger partial charge in [-0.1, -0.05) is 0 Å². The number of furan rings is 1. The summed E-state index contributed by atoms with van der Waals surface area (Å²) in [7, 11) is -3.69. The maximum atomic E-state index is 12.8. The normalized spacial score (nSPS) is 14.5. The number of nitrogens with zero attached hydrogens (tertiary/aromatic N) is 3. The number of hydrogen-bond acceptors (Lipinski definition) is 7. The van der Waals surface area contributed by atoms with E-state index in [1.165, 1.54) is 23.5 Å². The number of aromatic nitrogens is 2. The number of ether oxygens (including phenoxy) is 1. The third kappa shape index (κ3) is 4.59. The van der Waals surface area contributed by atoms with E-state index in [0.29, 0.717) is 18.8 Å². The average molecular weight is 442 g/mol. The highest BCUT2D eigenvalue weighted by molar-refractivity contribution is 7.89. The zero-order chi connectivity index (χ0) is 21.8. The van der Waals surface area contributed by atoms with E-state index in [1.54, 1.807) is 24.5 Å². The Morgan fingerprint density at radius 2 is 1.94 bits per heavy atom. The summed E-state index contributed by atoms with van der Waals surface area (Å²) in [6.45, 7) is 2.75. The maximum absolute atomic E-state index is 12.8. The Kier molecular flexibility index (Phi) is 6.01. The minimum atomic E-state index is -3.69. The van der Waals surface area contributed by atoms with Crippen molar-refractivity contribution in [1.82, 2.24) is 14.3 Å². The second kappa shape index (κ2) is 8.86. The zero-order valence-corrected chi connectivity index (χ0v) is 17.8. The Morgan fingerprint density at radius 3 is 2.68 bits per heavy atom. The highest BCUT2D eigenvalue weighted by atomic mass is 32.2. The number of carbonyl (C=O) groups excluding carboxylic acids is 1. The summed E-state index contributed by atoms with van der Waals surface area (Å²) in [5.41, 5.74) is 0.912. The molecule has 31 heavy (non-hydrogen) atoms. The monoisotopic (exact) mass is 442 g/mol. The lowest BCUT2D eigenvalue weighted by atomic mass is 10.3. The Hall–Kier alpha value is -3.24. The summed E-state index contributed by atoms with van der Waals surface area (Å²) in [5.74, 6) is 0.0343. The quantitative estimate of drug-likeness (QED) is 0.598. The molecule has 1 amide bonds. The third-order valence-electron chi connectivity index (χ3n) is 4.93. The van der Waals surface area contributed by atoms with Crippen LogP contribution in [0.4, 0.5) is 5.82 Å². The highest BCUT2D eigenvalue weighted by Gasteiger charge is 2.31. The van der Waals surface area contributed by atoms with Gasteiger partial charge in [-0.3, -0.25) is 9.78 Å². The van der Waals surface area contributed by atoms with E-state index in [9.17, 15) is 13.2 Å². The second-order valence-electron chi connectivity index (χ2n) is 7.09. The fourth-order valence-corrected chi connectivity index (χ4v) is 4.99. The molecule has 0 saturated carbocycles. The molecule has 0 unspecified atom stereocenters. The summed E-state index contributed by atoms with van der Waals surface area (Å²) in [6.07, 6.45) is 6.50. The van der Waals surface area contributed by atoms with Gasteiger partial charge < -0.3 is 14.5 Å². The van der Waals surface area contributed by atoms with Gasteiger partial charge in [0.25, 0.3) is 5.91 Å². The number of aryl methyl sites for hydroxylation is 1. The lowest BCUT2D eigenvalue weighted by Crippen LogP contribution is -2.28. The molecule has 4 heterocycles. The van der Waals surface area contributed by atoms with Crippen LogP contribution in [-0.2, 0) is 16.6 Å². The summed E-state index contributed by atoms with van der Waals surface area (Å²) in [4.78, 5) is 20.9. The molecular formula is C21H22N4O5S. The number of hydrogen-bond donors (Lipinski definition) is 1. The molecule has 0 bridgehead atoms. The molecule has 9 nitrogen and oxygen atoms in total. The molecule has 0 aliphatic carbocycles. The molecule has 1 aliphatic rings. The molecule has 0 radical (unpaired) electrons. The lowest BCUT2D eigenvalue weighted by molar-refractivity contribution is 0.0994. The summed E-state index contributed by atoms with van der Waals surface area (Å²) in [5, 5.41) is 2.64. The van der Waals surface area contributed by atoms with Crippen LogP contribution in [0.25, 0.3) is 0 Å². The molecule has 162 valence electrons. The van der Waals surface area contributed by atoms with Gasteiger partial charge in [-0.2, -0.15) is 4.31 Å². The van der Waals surface area contributed by atoms with Gasteiger partial charge in [-0.05, 0) is 49.6 Å². The van der Waals surface area contributed by atoms with Crippen LogP contribution in [0.1, 0.15) is 34.7 Å². The van der Waals surface area contributed by atoms with Gasteiger partial charge in [0.15, 0.2) is 17.3 Å². The van der Waals surface area contributed by atoms with E-state index < -0.39 is 15.9 Å². The van der Waals surface area contributed by atoms with Gasteiger partial charge in [0.2, 0.25) is 10.0 Å². The lowest BCUT2D eigenvalue weighted by Gasteiger charge is -2.14. The SMILES string of the molecule is Cc1oc(C(=O)Nc2ncccc2OCc2ccncc2)cc1S(=O)(=O)N1CCCC1. The fourth-order valence-electron chi connectivity index (χ4n) is 3.31. The van der Waals surface area contributed by atoms with Crippen LogP contribution in [0.3, 0.4) is 0 Å². The van der Waals surface area contributed by atoms with Crippen LogP contribution < -0.4 is 10.1 Å². The molecule has 1 N–H and O–H groups in total. The van der Waals surface area contributed by atoms with E-state index >= 15 is 0 Å². The molecule has 3 aromatic rings. The summed E-state index contributed by atoms with van der Waals surface area (Å²) >= 11 is 0. The third-order valence-corrected chi connectivity index (χ3v) is 6.93. The number of pyridine rings is 2. The number of carbonyl (C=O) groups is 1. The van der Waals surface area contributed by atoms with Crippen LogP contribution in [-0.4, -0.2) is 41.7 Å². The first-order valence-electron chi connectivity index (χ1n) is 9.84. The molecule has 1 aliphatic heterocycles. The number of rotatable bonds is 7. The summed E-state index contributed by atoms with van der Waals surface area (Å²) < 4.78 is 38.3. The number of anilines is 1. The van der Waals surface area contributed by atoms with Gasteiger partial charge in [-0.25, -0.2) is 13.4 Å². The Bertz CT molecular complexity index is 1170. The van der Waals surface area contributed by atoms with Crippen molar-refractivity contribution < 1.29 is 22.4 Å². The molecule has 0 aromatic carbocycles. The first-order valence-corrected chi connectivity index (χ1v) is 11.3. The van der Waals surface area contributed by atoms with Crippen molar-refractivity contribution in [2.75, 3.05) is 18.4 Å². The van der Waals surface area contributed by atoms with E-state index in [1.807, 2.05) is 12.1 Å². The van der Waals surface area contributed by atoms with Crippen molar-refractivity contribution in [2.45, 2.75) is 31.3 Å². The predicted octanol–water partition coefficient (Wildman–Crippen LogP) is 2.99. The van der Waals surface area contributed by atoms with E-state index in [2.05, 4.69) is 15.3 Å². The maximum Gasteiger partial charge on any atom is 0.292 e. The smallest absolute Gasteiger partial charge is 0.292 e. The van der Waals surface area contributed by atoms with Crippen LogP contribution in [0.5, 0.6) is 5.75 Å². The first kappa shape index (κ1) is 21.0. The number of amides is 1. The van der Waals surface area contributed by atoms with Crippen molar-refractivity contribution in [3.05, 3.63) is 66.0 Å². The number of nitrogens with one attached hydrogen (secondary N) is 1. The highest BCUT2D eigenvalue weighted by Crippen LogP contribution is 2.28. The van der Waals surface area contributed by atoms with E-state index in [0.717, 1.165) is 18.4 Å². The van der Waals surface area contributed by atoms with Crippen molar-refractivity contribution in [3.63, 3.8) is 0 Å². The molecule has 10 heteroatoms. The average Bonchev–Trinajstić information content (AvgIpc) is 3.45. The standard InChI is InChI=1S/C21H22N4O5S/c1-15-19(31(27,28)25-11-2-3-12-25)13-18(30-15)21(26)24-20-17(5-4-8-23-20)29-14-16-6-9-22-10-7-16/h4-10,13H,2-3,11-12,14H2,1H3,(H,23,24,26). The fraction of sp³-hybridized carbons (Fsp3) is 0.286. The van der Waals surface area contributed by atoms with E-state index in [4.69, 9.17) is 9.15 Å². The van der Waals surface area contributed by atoms with E-state index in [-0.39, 0.29) is 28.8 Å². The second-order valence-corrected chi connectivity index (χ2v) is 9.00. The molecule has 4 rings (SSSR count). The minimum absolute atomic E-state index is 0.00901. The van der Waals surface area contributed by atoms with Crippen LogP contribution >= 0.6 is 0 Å². The first-order chi connectivity index (χ1) is 14.9. The molecule has 3 aromatic heterocycles. The van der Waals surface area contributed by atoms with Gasteiger partial charge in [0, 0.05) is 37.7 Å². The van der Waals surface area contributed by atoms with Crippen LogP contribution in [0.15, 0.2) is 58.2 Å². The zero-order valence-electron chi connectivity index (χ0n) is 16.9. The molecule has 1 saturated heterocycles. The largest absolute Gasteiger partial charge is 0.485 e. The Labute approximate surface area is 180 Å². The molecule has 0 spiro atoms. The molecule has 1 fully saturated rings. The Morgan fingerprint density at radius 1 is 1.19 bits per heavy atom. The van der Waals surface area contributed by atoms with Crippen molar-refractivity contribution in [3.8, 4) is 5.75 Å². The van der Waals surface area contributed by atoms with Crippen LogP contribution in [0, 0.1) is 6.92 Å². The topological polar surface area (TPSA) is 115 Å². The van der Waals surface area contributed by atoms with Gasteiger partial charge in [-0.15, -0.1) is 0 Å². The van der Waals surface area contributed by atoms with Gasteiger partial charge >= 0.3 is 0 Å². The van der Waals surface area contributed by atoms with Gasteiger partial charge in [0.05, 0.1) is 0 Å². The Balaban J connectivity index is 1.50.